The third-order valence-corrected chi connectivity index (χ3v) is 4.28. The van der Waals surface area contributed by atoms with Crippen LogP contribution in [0.5, 0.6) is 0 Å². The first-order valence-electron chi connectivity index (χ1n) is 8.34. The minimum atomic E-state index is -0.879. The summed E-state index contributed by atoms with van der Waals surface area (Å²) in [5, 5.41) is 2.97. The highest BCUT2D eigenvalue weighted by Gasteiger charge is 2.17. The Kier molecular flexibility index (Phi) is 6.68. The number of carbonyl (C=O) groups excluding carboxylic acids is 2. The Hall–Kier alpha value is -1.78. The van der Waals surface area contributed by atoms with Gasteiger partial charge in [-0.2, -0.15) is 0 Å². The Morgan fingerprint density at radius 3 is 2.30 bits per heavy atom. The number of ketones is 1. The van der Waals surface area contributed by atoms with Gasteiger partial charge in [-0.15, -0.1) is 0 Å². The van der Waals surface area contributed by atoms with Crippen LogP contribution in [0.1, 0.15) is 68.1 Å². The first-order chi connectivity index (χ1) is 11.1. The number of Topliss-reactive ketones (excluding diaryl/α,β-unsaturated/α-hetero) is 1. The maximum Gasteiger partial charge on any atom is 0.220 e. The monoisotopic (exact) mass is 323 g/mol. The molecule has 0 saturated heterocycles. The second kappa shape index (κ2) is 8.75. The van der Waals surface area contributed by atoms with Crippen molar-refractivity contribution in [1.82, 2.24) is 5.32 Å². The molecule has 1 amide bonds. The molecular formula is C18H23F2NO2. The highest BCUT2D eigenvalue weighted by atomic mass is 19.1. The summed E-state index contributed by atoms with van der Waals surface area (Å²) < 4.78 is 26.4. The highest BCUT2D eigenvalue weighted by molar-refractivity contribution is 5.98. The van der Waals surface area contributed by atoms with Crippen LogP contribution in [-0.2, 0) is 4.79 Å². The Morgan fingerprint density at radius 2 is 1.65 bits per heavy atom. The molecule has 0 atom stereocenters. The van der Waals surface area contributed by atoms with E-state index in [0.717, 1.165) is 37.8 Å². The summed E-state index contributed by atoms with van der Waals surface area (Å²) in [7, 11) is 0. The lowest BCUT2D eigenvalue weighted by molar-refractivity contribution is -0.121. The summed E-state index contributed by atoms with van der Waals surface area (Å²) in [6, 6.07) is 3.03. The molecule has 1 fully saturated rings. The van der Waals surface area contributed by atoms with Crippen molar-refractivity contribution in [1.29, 1.82) is 0 Å². The molecule has 3 nitrogen and oxygen atoms in total. The second-order valence-corrected chi connectivity index (χ2v) is 6.16. The third kappa shape index (κ3) is 5.73. The maximum absolute atomic E-state index is 13.5. The zero-order valence-corrected chi connectivity index (χ0v) is 13.2. The van der Waals surface area contributed by atoms with Gasteiger partial charge in [-0.1, -0.05) is 32.1 Å². The fraction of sp³-hybridized carbons (Fsp3) is 0.556. The van der Waals surface area contributed by atoms with Crippen molar-refractivity contribution in [3.63, 3.8) is 0 Å². The number of amides is 1. The zero-order valence-electron chi connectivity index (χ0n) is 13.2. The number of hydrogen-bond donors (Lipinski definition) is 1. The van der Waals surface area contributed by atoms with Gasteiger partial charge in [-0.25, -0.2) is 8.78 Å². The van der Waals surface area contributed by atoms with E-state index in [9.17, 15) is 18.4 Å². The third-order valence-electron chi connectivity index (χ3n) is 4.28. The Labute approximate surface area is 135 Å². The lowest BCUT2D eigenvalue weighted by Crippen LogP contribution is -2.35. The molecule has 1 aliphatic rings. The maximum atomic E-state index is 13.5. The molecule has 1 N–H and O–H groups in total. The summed E-state index contributed by atoms with van der Waals surface area (Å²) in [5.41, 5.74) is -0.162. The van der Waals surface area contributed by atoms with Crippen LogP contribution in [0, 0.1) is 11.6 Å². The quantitative estimate of drug-likeness (QED) is 0.827. The average Bonchev–Trinajstić information content (AvgIpc) is 2.47. The first-order valence-corrected chi connectivity index (χ1v) is 8.34. The standard InChI is InChI=1S/C18H23F2NO2/c19-13-8-9-15(16(20)12-13)17(22)10-11-18(23)21-14-6-4-2-1-3-5-7-14/h8-9,12,14H,1-7,10-11H2,(H,21,23). The summed E-state index contributed by atoms with van der Waals surface area (Å²) >= 11 is 0. The molecule has 0 radical (unpaired) electrons. The fourth-order valence-corrected chi connectivity index (χ4v) is 2.98. The largest absolute Gasteiger partial charge is 0.353 e. The summed E-state index contributed by atoms with van der Waals surface area (Å²) in [6.07, 6.45) is 7.82. The van der Waals surface area contributed by atoms with Crippen LogP contribution in [-0.4, -0.2) is 17.7 Å². The summed E-state index contributed by atoms with van der Waals surface area (Å²) in [6.45, 7) is 0. The van der Waals surface area contributed by atoms with Crippen LogP contribution in [0.4, 0.5) is 8.78 Å². The molecule has 2 rings (SSSR count). The number of halogens is 2. The van der Waals surface area contributed by atoms with E-state index in [-0.39, 0.29) is 30.4 Å². The predicted octanol–water partition coefficient (Wildman–Crippen LogP) is 4.16. The predicted molar refractivity (Wildman–Crippen MR) is 84.2 cm³/mol. The van der Waals surface area contributed by atoms with Crippen LogP contribution in [0.25, 0.3) is 0 Å². The molecular weight excluding hydrogens is 300 g/mol. The first kappa shape index (κ1) is 17.6. The van der Waals surface area contributed by atoms with Gasteiger partial charge in [-0.05, 0) is 25.0 Å². The average molecular weight is 323 g/mol. The molecule has 0 aliphatic heterocycles. The van der Waals surface area contributed by atoms with Crippen molar-refractivity contribution in [2.24, 2.45) is 0 Å². The molecule has 0 bridgehead atoms. The van der Waals surface area contributed by atoms with Crippen molar-refractivity contribution < 1.29 is 18.4 Å². The van der Waals surface area contributed by atoms with E-state index in [4.69, 9.17) is 0 Å². The Balaban J connectivity index is 1.80. The SMILES string of the molecule is O=C(CCC(=O)c1ccc(F)cc1F)NC1CCCCCCC1. The molecule has 0 spiro atoms. The fourth-order valence-electron chi connectivity index (χ4n) is 2.98. The second-order valence-electron chi connectivity index (χ2n) is 6.16. The highest BCUT2D eigenvalue weighted by Crippen LogP contribution is 2.17. The van der Waals surface area contributed by atoms with Gasteiger partial charge in [0.25, 0.3) is 0 Å². The molecule has 126 valence electrons. The summed E-state index contributed by atoms with van der Waals surface area (Å²) in [5.74, 6) is -2.25. The Morgan fingerprint density at radius 1 is 1.00 bits per heavy atom. The smallest absolute Gasteiger partial charge is 0.220 e. The molecule has 5 heteroatoms. The van der Waals surface area contributed by atoms with Crippen LogP contribution in [0.2, 0.25) is 0 Å². The van der Waals surface area contributed by atoms with Crippen molar-refractivity contribution >= 4 is 11.7 Å². The van der Waals surface area contributed by atoms with Gasteiger partial charge in [0.1, 0.15) is 11.6 Å². The van der Waals surface area contributed by atoms with E-state index in [1.807, 2.05) is 0 Å². The molecule has 1 aromatic rings. The van der Waals surface area contributed by atoms with Gasteiger partial charge < -0.3 is 5.32 Å². The molecule has 0 heterocycles. The molecule has 0 unspecified atom stereocenters. The lowest BCUT2D eigenvalue weighted by atomic mass is 9.96. The van der Waals surface area contributed by atoms with E-state index >= 15 is 0 Å². The minimum absolute atomic E-state index is 0.0339. The van der Waals surface area contributed by atoms with Crippen molar-refractivity contribution in [3.05, 3.63) is 35.4 Å². The van der Waals surface area contributed by atoms with Crippen LogP contribution >= 0.6 is 0 Å². The van der Waals surface area contributed by atoms with E-state index in [1.165, 1.54) is 19.3 Å². The van der Waals surface area contributed by atoms with E-state index in [2.05, 4.69) is 5.32 Å². The van der Waals surface area contributed by atoms with Gasteiger partial charge in [0.2, 0.25) is 5.91 Å². The lowest BCUT2D eigenvalue weighted by Gasteiger charge is -2.21. The number of rotatable bonds is 5. The number of benzene rings is 1. The molecule has 1 saturated carbocycles. The van der Waals surface area contributed by atoms with Crippen LogP contribution < -0.4 is 5.32 Å². The zero-order chi connectivity index (χ0) is 16.7. The van der Waals surface area contributed by atoms with Gasteiger partial charge >= 0.3 is 0 Å². The number of nitrogens with one attached hydrogen (secondary N) is 1. The van der Waals surface area contributed by atoms with Crippen molar-refractivity contribution in [3.8, 4) is 0 Å². The molecule has 1 aliphatic carbocycles. The Bertz CT molecular complexity index is 552. The van der Waals surface area contributed by atoms with E-state index in [0.29, 0.717) is 6.07 Å². The topological polar surface area (TPSA) is 46.2 Å². The number of hydrogen-bond acceptors (Lipinski definition) is 2. The van der Waals surface area contributed by atoms with Gasteiger partial charge in [0.05, 0.1) is 5.56 Å². The van der Waals surface area contributed by atoms with Crippen LogP contribution in [0.3, 0.4) is 0 Å². The van der Waals surface area contributed by atoms with E-state index < -0.39 is 17.4 Å². The molecule has 1 aromatic carbocycles. The molecule has 23 heavy (non-hydrogen) atoms. The summed E-state index contributed by atoms with van der Waals surface area (Å²) in [4.78, 5) is 23.9. The molecule has 0 aromatic heterocycles. The van der Waals surface area contributed by atoms with Gasteiger partial charge in [0, 0.05) is 24.9 Å². The van der Waals surface area contributed by atoms with Gasteiger partial charge in [0.15, 0.2) is 5.78 Å². The van der Waals surface area contributed by atoms with E-state index in [1.54, 1.807) is 0 Å². The van der Waals surface area contributed by atoms with Crippen molar-refractivity contribution in [2.45, 2.75) is 63.8 Å². The van der Waals surface area contributed by atoms with Crippen molar-refractivity contribution in [2.75, 3.05) is 0 Å². The minimum Gasteiger partial charge on any atom is -0.353 e. The number of carbonyl (C=O) groups is 2. The van der Waals surface area contributed by atoms with Gasteiger partial charge in [-0.3, -0.25) is 9.59 Å². The normalized spacial score (nSPS) is 16.4. The van der Waals surface area contributed by atoms with Crippen LogP contribution in [0.15, 0.2) is 18.2 Å².